The van der Waals surface area contributed by atoms with Gasteiger partial charge in [0.25, 0.3) is 11.5 Å². The van der Waals surface area contributed by atoms with Crippen molar-refractivity contribution in [3.63, 3.8) is 0 Å². The van der Waals surface area contributed by atoms with Crippen molar-refractivity contribution in [3.8, 4) is 0 Å². The Kier molecular flexibility index (Phi) is 5.46. The zero-order chi connectivity index (χ0) is 17.0. The van der Waals surface area contributed by atoms with Crippen LogP contribution < -0.4 is 22.3 Å². The Morgan fingerprint density at radius 1 is 1.17 bits per heavy atom. The lowest BCUT2D eigenvalue weighted by atomic mass is 10.1. The molecule has 0 radical (unpaired) electrons. The molecule has 122 valence electrons. The number of aromatic nitrogens is 2. The molecule has 0 saturated heterocycles. The zero-order valence-electron chi connectivity index (χ0n) is 11.9. The maximum Gasteiger partial charge on any atom is 0.326 e. The molecule has 0 aliphatic carbocycles. The number of aryl methyl sites for hydroxylation is 1. The van der Waals surface area contributed by atoms with Crippen LogP contribution in [0.4, 0.5) is 5.69 Å². The molecule has 1 aromatic heterocycles. The van der Waals surface area contributed by atoms with E-state index in [0.29, 0.717) is 29.4 Å². The lowest BCUT2D eigenvalue weighted by molar-refractivity contribution is 0.0948. The van der Waals surface area contributed by atoms with Crippen molar-refractivity contribution < 1.29 is 4.79 Å². The lowest BCUT2D eigenvalue weighted by Gasteiger charge is -2.07. The van der Waals surface area contributed by atoms with Gasteiger partial charge in [0.15, 0.2) is 0 Å². The number of hydrogen-bond donors (Lipinski definition) is 4. The number of rotatable bonds is 5. The number of aromatic amines is 2. The molecule has 5 N–H and O–H groups in total. The van der Waals surface area contributed by atoms with Crippen LogP contribution in [0.25, 0.3) is 0 Å². The van der Waals surface area contributed by atoms with Crippen LogP contribution in [0, 0.1) is 0 Å². The summed E-state index contributed by atoms with van der Waals surface area (Å²) in [6, 6.07) is 5.32. The van der Waals surface area contributed by atoms with Gasteiger partial charge >= 0.3 is 5.69 Å². The molecule has 0 fully saturated rings. The largest absolute Gasteiger partial charge is 0.392 e. The molecule has 2 rings (SSSR count). The SMILES string of the molecule is Nc1c(C(=O)NCCCc2ccc(Cl)c(Cl)c2)[nH]c(=O)[nH]c1=O. The van der Waals surface area contributed by atoms with E-state index in [1.165, 1.54) is 0 Å². The second kappa shape index (κ2) is 7.34. The van der Waals surface area contributed by atoms with Crippen molar-refractivity contribution in [2.24, 2.45) is 0 Å². The summed E-state index contributed by atoms with van der Waals surface area (Å²) < 4.78 is 0. The quantitative estimate of drug-likeness (QED) is 0.603. The molecule has 7 nitrogen and oxygen atoms in total. The smallest absolute Gasteiger partial charge is 0.326 e. The van der Waals surface area contributed by atoms with Crippen LogP contribution >= 0.6 is 23.2 Å². The number of halogens is 2. The molecule has 9 heteroatoms. The minimum atomic E-state index is -0.797. The van der Waals surface area contributed by atoms with Crippen molar-refractivity contribution >= 4 is 34.8 Å². The third-order valence-corrected chi connectivity index (χ3v) is 3.86. The van der Waals surface area contributed by atoms with E-state index in [9.17, 15) is 14.4 Å². The predicted molar refractivity (Wildman–Crippen MR) is 89.2 cm³/mol. The highest BCUT2D eigenvalue weighted by Gasteiger charge is 2.13. The number of hydrogen-bond acceptors (Lipinski definition) is 4. The molecule has 0 bridgehead atoms. The summed E-state index contributed by atoms with van der Waals surface area (Å²) in [4.78, 5) is 38.6. The van der Waals surface area contributed by atoms with Crippen molar-refractivity contribution in [3.05, 3.63) is 60.3 Å². The molecule has 0 unspecified atom stereocenters. The highest BCUT2D eigenvalue weighted by Crippen LogP contribution is 2.23. The summed E-state index contributed by atoms with van der Waals surface area (Å²) >= 11 is 11.8. The van der Waals surface area contributed by atoms with E-state index in [1.807, 2.05) is 11.1 Å². The number of nitrogens with two attached hydrogens (primary N) is 1. The van der Waals surface area contributed by atoms with Gasteiger partial charge in [0, 0.05) is 6.54 Å². The molecule has 1 amide bonds. The van der Waals surface area contributed by atoms with Crippen LogP contribution in [0.2, 0.25) is 10.0 Å². The molecule has 1 heterocycles. The number of amides is 1. The first-order valence-electron chi connectivity index (χ1n) is 6.72. The van der Waals surface area contributed by atoms with Gasteiger partial charge in [0.2, 0.25) is 0 Å². The Balaban J connectivity index is 1.91. The number of nitrogen functional groups attached to an aromatic ring is 1. The molecular formula is C14H14Cl2N4O3. The van der Waals surface area contributed by atoms with E-state index in [-0.39, 0.29) is 11.4 Å². The second-order valence-corrected chi connectivity index (χ2v) is 5.62. The van der Waals surface area contributed by atoms with Crippen molar-refractivity contribution in [1.29, 1.82) is 0 Å². The first-order valence-corrected chi connectivity index (χ1v) is 7.48. The van der Waals surface area contributed by atoms with Gasteiger partial charge in [-0.05, 0) is 30.5 Å². The van der Waals surface area contributed by atoms with Crippen LogP contribution in [-0.2, 0) is 6.42 Å². The number of anilines is 1. The van der Waals surface area contributed by atoms with E-state index >= 15 is 0 Å². The van der Waals surface area contributed by atoms with Gasteiger partial charge in [-0.1, -0.05) is 29.3 Å². The van der Waals surface area contributed by atoms with E-state index in [2.05, 4.69) is 10.3 Å². The van der Waals surface area contributed by atoms with Crippen molar-refractivity contribution in [2.45, 2.75) is 12.8 Å². The van der Waals surface area contributed by atoms with Gasteiger partial charge in [-0.3, -0.25) is 14.6 Å². The fraction of sp³-hybridized carbons (Fsp3) is 0.214. The van der Waals surface area contributed by atoms with Gasteiger partial charge in [-0.25, -0.2) is 4.79 Å². The van der Waals surface area contributed by atoms with E-state index in [0.717, 1.165) is 5.56 Å². The summed E-state index contributed by atoms with van der Waals surface area (Å²) in [5.41, 5.74) is 4.31. The predicted octanol–water partition coefficient (Wildman–Crippen LogP) is 1.31. The second-order valence-electron chi connectivity index (χ2n) is 4.80. The maximum atomic E-state index is 11.9. The summed E-state index contributed by atoms with van der Waals surface area (Å²) in [5.74, 6) is -0.611. The standard InChI is InChI=1S/C14H14Cl2N4O3/c15-8-4-3-7(6-9(8)16)2-1-5-18-13(22)11-10(17)12(21)20-14(23)19-11/h3-4,6H,1-2,5,17H2,(H,18,22)(H2,19,20,21,23). The van der Waals surface area contributed by atoms with Crippen LogP contribution in [0.15, 0.2) is 27.8 Å². The average Bonchev–Trinajstić information content (AvgIpc) is 2.50. The Morgan fingerprint density at radius 2 is 1.91 bits per heavy atom. The Labute approximate surface area is 140 Å². The fourth-order valence-electron chi connectivity index (χ4n) is 1.95. The minimum absolute atomic E-state index is 0.242. The number of carbonyl (C=O) groups is 1. The normalized spacial score (nSPS) is 10.5. The molecule has 0 saturated carbocycles. The van der Waals surface area contributed by atoms with E-state index in [1.54, 1.807) is 12.1 Å². The van der Waals surface area contributed by atoms with Gasteiger partial charge in [-0.2, -0.15) is 0 Å². The molecule has 0 spiro atoms. The van der Waals surface area contributed by atoms with Crippen LogP contribution in [-0.4, -0.2) is 22.4 Å². The van der Waals surface area contributed by atoms with Crippen LogP contribution in [0.5, 0.6) is 0 Å². The lowest BCUT2D eigenvalue weighted by Crippen LogP contribution is -2.34. The summed E-state index contributed by atoms with van der Waals surface area (Å²) in [5, 5.41) is 3.55. The number of H-pyrrole nitrogens is 2. The monoisotopic (exact) mass is 356 g/mol. The highest BCUT2D eigenvalue weighted by molar-refractivity contribution is 6.42. The molecule has 23 heavy (non-hydrogen) atoms. The maximum absolute atomic E-state index is 11.9. The Bertz CT molecular complexity index is 845. The highest BCUT2D eigenvalue weighted by atomic mass is 35.5. The van der Waals surface area contributed by atoms with Gasteiger partial charge in [0.05, 0.1) is 10.0 Å². The Morgan fingerprint density at radius 3 is 2.61 bits per heavy atom. The molecule has 0 atom stereocenters. The summed E-state index contributed by atoms with van der Waals surface area (Å²) in [6.45, 7) is 0.341. The third kappa shape index (κ3) is 4.37. The number of nitrogens with one attached hydrogen (secondary N) is 3. The first-order chi connectivity index (χ1) is 10.9. The number of benzene rings is 1. The van der Waals surface area contributed by atoms with Gasteiger partial charge < -0.3 is 16.0 Å². The van der Waals surface area contributed by atoms with Crippen LogP contribution in [0.3, 0.4) is 0 Å². The van der Waals surface area contributed by atoms with Crippen LogP contribution in [0.1, 0.15) is 22.5 Å². The average molecular weight is 357 g/mol. The third-order valence-electron chi connectivity index (χ3n) is 3.12. The molecule has 0 aliphatic heterocycles. The Hall–Kier alpha value is -2.25. The molecule has 1 aromatic carbocycles. The first kappa shape index (κ1) is 17.1. The minimum Gasteiger partial charge on any atom is -0.392 e. The topological polar surface area (TPSA) is 121 Å². The fourth-order valence-corrected chi connectivity index (χ4v) is 2.27. The van der Waals surface area contributed by atoms with Gasteiger partial charge in [-0.15, -0.1) is 0 Å². The molecular weight excluding hydrogens is 343 g/mol. The zero-order valence-corrected chi connectivity index (χ0v) is 13.4. The molecule has 0 aliphatic rings. The van der Waals surface area contributed by atoms with Crippen molar-refractivity contribution in [2.75, 3.05) is 12.3 Å². The van der Waals surface area contributed by atoms with Gasteiger partial charge in [0.1, 0.15) is 11.4 Å². The summed E-state index contributed by atoms with van der Waals surface area (Å²) in [7, 11) is 0. The summed E-state index contributed by atoms with van der Waals surface area (Å²) in [6.07, 6.45) is 1.32. The van der Waals surface area contributed by atoms with E-state index in [4.69, 9.17) is 28.9 Å². The molecule has 2 aromatic rings. The number of carbonyl (C=O) groups excluding carboxylic acids is 1. The van der Waals surface area contributed by atoms with Crippen molar-refractivity contribution in [1.82, 2.24) is 15.3 Å². The van der Waals surface area contributed by atoms with E-state index < -0.39 is 17.2 Å².